The highest BCUT2D eigenvalue weighted by Gasteiger charge is 2.18. The molecule has 1 amide bonds. The molecule has 0 saturated heterocycles. The Kier molecular flexibility index (Phi) is 5.84. The molecule has 0 aliphatic rings. The summed E-state index contributed by atoms with van der Waals surface area (Å²) < 4.78 is 5.73. The van der Waals surface area contributed by atoms with Crippen LogP contribution in [-0.4, -0.2) is 12.0 Å². The molecule has 4 heteroatoms. The van der Waals surface area contributed by atoms with Gasteiger partial charge in [0.15, 0.2) is 6.10 Å². The summed E-state index contributed by atoms with van der Waals surface area (Å²) in [5.41, 5.74) is 2.02. The van der Waals surface area contributed by atoms with Crippen LogP contribution in [0.5, 0.6) is 5.75 Å². The van der Waals surface area contributed by atoms with E-state index < -0.39 is 6.10 Å². The summed E-state index contributed by atoms with van der Waals surface area (Å²) in [7, 11) is 0. The monoisotopic (exact) mass is 317 g/mol. The highest BCUT2D eigenvalue weighted by atomic mass is 35.5. The lowest BCUT2D eigenvalue weighted by Gasteiger charge is -2.17. The van der Waals surface area contributed by atoms with E-state index in [-0.39, 0.29) is 5.91 Å². The molecule has 1 atom stereocenters. The van der Waals surface area contributed by atoms with Gasteiger partial charge in [-0.1, -0.05) is 37.6 Å². The number of anilines is 1. The van der Waals surface area contributed by atoms with Gasteiger partial charge in [0.1, 0.15) is 5.75 Å². The van der Waals surface area contributed by atoms with Gasteiger partial charge in [0, 0.05) is 10.7 Å². The summed E-state index contributed by atoms with van der Waals surface area (Å²) in [4.78, 5) is 12.3. The molecule has 1 N–H and O–H groups in total. The van der Waals surface area contributed by atoms with Gasteiger partial charge in [-0.2, -0.15) is 0 Å². The van der Waals surface area contributed by atoms with Crippen molar-refractivity contribution in [2.45, 2.75) is 32.8 Å². The molecule has 0 unspecified atom stereocenters. The van der Waals surface area contributed by atoms with E-state index in [0.717, 1.165) is 12.1 Å². The first-order chi connectivity index (χ1) is 10.6. The fraction of sp³-hybridized carbons (Fsp3) is 0.278. The summed E-state index contributed by atoms with van der Waals surface area (Å²) >= 11 is 5.84. The zero-order valence-electron chi connectivity index (χ0n) is 12.8. The largest absolute Gasteiger partial charge is 0.481 e. The molecule has 0 aliphatic heterocycles. The van der Waals surface area contributed by atoms with E-state index in [4.69, 9.17) is 16.3 Å². The van der Waals surface area contributed by atoms with Gasteiger partial charge in [-0.3, -0.25) is 4.79 Å². The number of hydrogen-bond donors (Lipinski definition) is 1. The number of hydrogen-bond acceptors (Lipinski definition) is 2. The molecule has 2 aromatic carbocycles. The Morgan fingerprint density at radius 3 is 2.27 bits per heavy atom. The van der Waals surface area contributed by atoms with Gasteiger partial charge in [0.2, 0.25) is 0 Å². The van der Waals surface area contributed by atoms with Crippen LogP contribution in [0.25, 0.3) is 0 Å². The number of aryl methyl sites for hydroxylation is 1. The second kappa shape index (κ2) is 7.85. The van der Waals surface area contributed by atoms with Crippen molar-refractivity contribution in [1.82, 2.24) is 0 Å². The summed E-state index contributed by atoms with van der Waals surface area (Å²) in [6, 6.07) is 14.8. The van der Waals surface area contributed by atoms with Gasteiger partial charge in [-0.25, -0.2) is 0 Å². The van der Waals surface area contributed by atoms with Gasteiger partial charge < -0.3 is 10.1 Å². The third-order valence-electron chi connectivity index (χ3n) is 3.38. The van der Waals surface area contributed by atoms with Crippen LogP contribution in [0.1, 0.15) is 25.8 Å². The maximum absolute atomic E-state index is 12.3. The topological polar surface area (TPSA) is 38.3 Å². The van der Waals surface area contributed by atoms with Crippen molar-refractivity contribution in [3.8, 4) is 5.75 Å². The zero-order chi connectivity index (χ0) is 15.9. The van der Waals surface area contributed by atoms with Gasteiger partial charge in [0.25, 0.3) is 5.91 Å². The fourth-order valence-electron chi connectivity index (χ4n) is 2.05. The standard InChI is InChI=1S/C18H20ClNO2/c1-3-13-5-9-15(10-6-13)20-18(21)17(4-2)22-16-11-7-14(19)8-12-16/h5-12,17H,3-4H2,1-2H3,(H,20,21)/t17-/m0/s1. The number of rotatable bonds is 6. The van der Waals surface area contributed by atoms with E-state index in [1.165, 1.54) is 5.56 Å². The molecule has 0 radical (unpaired) electrons. The molecular formula is C18H20ClNO2. The Morgan fingerprint density at radius 2 is 1.73 bits per heavy atom. The van der Waals surface area contributed by atoms with Crippen LogP contribution >= 0.6 is 11.6 Å². The minimum atomic E-state index is -0.535. The van der Waals surface area contributed by atoms with E-state index in [1.807, 2.05) is 31.2 Å². The van der Waals surface area contributed by atoms with Crippen molar-refractivity contribution in [3.63, 3.8) is 0 Å². The molecule has 0 aromatic heterocycles. The Bertz CT molecular complexity index is 608. The average Bonchev–Trinajstić information content (AvgIpc) is 2.55. The van der Waals surface area contributed by atoms with Gasteiger partial charge in [-0.05, 0) is 54.8 Å². The van der Waals surface area contributed by atoms with Crippen LogP contribution < -0.4 is 10.1 Å². The highest BCUT2D eigenvalue weighted by molar-refractivity contribution is 6.30. The highest BCUT2D eigenvalue weighted by Crippen LogP contribution is 2.18. The lowest BCUT2D eigenvalue weighted by molar-refractivity contribution is -0.122. The quantitative estimate of drug-likeness (QED) is 0.838. The Labute approximate surface area is 136 Å². The van der Waals surface area contributed by atoms with Gasteiger partial charge in [0.05, 0.1) is 0 Å². The predicted octanol–water partition coefficient (Wildman–Crippen LogP) is 4.70. The third kappa shape index (κ3) is 4.50. The van der Waals surface area contributed by atoms with E-state index in [9.17, 15) is 4.79 Å². The van der Waals surface area contributed by atoms with E-state index in [1.54, 1.807) is 24.3 Å². The fourth-order valence-corrected chi connectivity index (χ4v) is 2.17. The summed E-state index contributed by atoms with van der Waals surface area (Å²) in [5, 5.41) is 3.53. The normalized spacial score (nSPS) is 11.8. The molecule has 116 valence electrons. The van der Waals surface area contributed by atoms with Crippen molar-refractivity contribution >= 4 is 23.2 Å². The lowest BCUT2D eigenvalue weighted by Crippen LogP contribution is -2.32. The number of halogens is 1. The van der Waals surface area contributed by atoms with E-state index in [2.05, 4.69) is 12.2 Å². The first kappa shape index (κ1) is 16.4. The number of ether oxygens (including phenoxy) is 1. The second-order valence-electron chi connectivity index (χ2n) is 5.01. The molecule has 2 aromatic rings. The number of benzene rings is 2. The van der Waals surface area contributed by atoms with Crippen molar-refractivity contribution in [2.75, 3.05) is 5.32 Å². The molecular weight excluding hydrogens is 298 g/mol. The molecule has 0 aliphatic carbocycles. The molecule has 0 fully saturated rings. The van der Waals surface area contributed by atoms with Crippen LogP contribution in [0.15, 0.2) is 48.5 Å². The molecule has 3 nitrogen and oxygen atoms in total. The van der Waals surface area contributed by atoms with E-state index >= 15 is 0 Å². The van der Waals surface area contributed by atoms with Crippen LogP contribution in [0.2, 0.25) is 5.02 Å². The van der Waals surface area contributed by atoms with Crippen molar-refractivity contribution in [2.24, 2.45) is 0 Å². The third-order valence-corrected chi connectivity index (χ3v) is 3.64. The van der Waals surface area contributed by atoms with Crippen LogP contribution in [0, 0.1) is 0 Å². The van der Waals surface area contributed by atoms with Crippen LogP contribution in [0.4, 0.5) is 5.69 Å². The van der Waals surface area contributed by atoms with Crippen molar-refractivity contribution in [1.29, 1.82) is 0 Å². The Morgan fingerprint density at radius 1 is 1.09 bits per heavy atom. The minimum Gasteiger partial charge on any atom is -0.481 e. The first-order valence-electron chi connectivity index (χ1n) is 7.44. The number of nitrogens with one attached hydrogen (secondary N) is 1. The SMILES string of the molecule is CCc1ccc(NC(=O)[C@H](CC)Oc2ccc(Cl)cc2)cc1. The predicted molar refractivity (Wildman–Crippen MR) is 90.6 cm³/mol. The molecule has 0 spiro atoms. The van der Waals surface area contributed by atoms with Gasteiger partial charge >= 0.3 is 0 Å². The molecule has 0 bridgehead atoms. The molecule has 2 rings (SSSR count). The number of carbonyl (C=O) groups is 1. The van der Waals surface area contributed by atoms with Crippen molar-refractivity contribution < 1.29 is 9.53 Å². The smallest absolute Gasteiger partial charge is 0.265 e. The average molecular weight is 318 g/mol. The van der Waals surface area contributed by atoms with Gasteiger partial charge in [-0.15, -0.1) is 0 Å². The Balaban J connectivity index is 1.99. The van der Waals surface area contributed by atoms with Crippen molar-refractivity contribution in [3.05, 3.63) is 59.1 Å². The second-order valence-corrected chi connectivity index (χ2v) is 5.44. The number of amides is 1. The summed E-state index contributed by atoms with van der Waals surface area (Å²) in [6.45, 7) is 4.01. The number of carbonyl (C=O) groups excluding carboxylic acids is 1. The summed E-state index contributed by atoms with van der Waals surface area (Å²) in [6.07, 6.45) is 1.03. The zero-order valence-corrected chi connectivity index (χ0v) is 13.6. The van der Waals surface area contributed by atoms with Crippen LogP contribution in [0.3, 0.4) is 0 Å². The minimum absolute atomic E-state index is 0.151. The van der Waals surface area contributed by atoms with Crippen LogP contribution in [-0.2, 0) is 11.2 Å². The summed E-state index contributed by atoms with van der Waals surface area (Å²) in [5.74, 6) is 0.481. The van der Waals surface area contributed by atoms with E-state index in [0.29, 0.717) is 17.2 Å². The maximum Gasteiger partial charge on any atom is 0.265 e. The molecule has 22 heavy (non-hydrogen) atoms. The molecule has 0 saturated carbocycles. The maximum atomic E-state index is 12.3. The Hall–Kier alpha value is -2.00. The molecule has 0 heterocycles. The first-order valence-corrected chi connectivity index (χ1v) is 7.82. The lowest BCUT2D eigenvalue weighted by atomic mass is 10.1.